The molecule has 10 heterocycles. The summed E-state index contributed by atoms with van der Waals surface area (Å²) in [6, 6.07) is 56.5. The van der Waals surface area contributed by atoms with Crippen LogP contribution in [0.1, 0.15) is 33.6 Å². The van der Waals surface area contributed by atoms with Gasteiger partial charge in [0.15, 0.2) is 0 Å². The van der Waals surface area contributed by atoms with E-state index in [4.69, 9.17) is 0 Å². The lowest BCUT2D eigenvalue weighted by Crippen LogP contribution is -1.87. The van der Waals surface area contributed by atoms with E-state index in [1.807, 2.05) is 192 Å². The molecule has 2 aromatic carbocycles. The van der Waals surface area contributed by atoms with Gasteiger partial charge in [0, 0.05) is 133 Å². The van der Waals surface area contributed by atoms with Crippen molar-refractivity contribution in [3.63, 3.8) is 0 Å². The molecular weight excluding hydrogens is 957 g/mol. The van der Waals surface area contributed by atoms with Gasteiger partial charge in [0.25, 0.3) is 0 Å². The molecule has 0 aliphatic rings. The largest absolute Gasteiger partial charge is 0.265 e. The number of nitrogens with zero attached hydrogens (tertiary/aromatic N) is 10. The molecule has 0 radical (unpaired) electrons. The average molecular weight is 1020 g/mol. The summed E-state index contributed by atoms with van der Waals surface area (Å²) in [5.41, 5.74) is 20.8. The van der Waals surface area contributed by atoms with Crippen LogP contribution in [0.3, 0.4) is 0 Å². The molecule has 78 heavy (non-hydrogen) atoms. The van der Waals surface area contributed by atoms with Crippen molar-refractivity contribution in [3.8, 4) is 67.0 Å². The summed E-state index contributed by atoms with van der Waals surface area (Å²) in [6.45, 7) is 12.2. The summed E-state index contributed by atoms with van der Waals surface area (Å²) in [6.07, 6.45) is 29.2. The van der Waals surface area contributed by atoms with Crippen LogP contribution in [0.15, 0.2) is 269 Å². The number of pyridine rings is 10. The van der Waals surface area contributed by atoms with Crippen LogP contribution in [0, 0.1) is 41.5 Å². The maximum absolute atomic E-state index is 4.28. The van der Waals surface area contributed by atoms with E-state index in [2.05, 4.69) is 119 Å². The Bertz CT molecular complexity index is 3000. The molecule has 10 heteroatoms. The van der Waals surface area contributed by atoms with Gasteiger partial charge in [0.2, 0.25) is 0 Å². The van der Waals surface area contributed by atoms with Crippen LogP contribution in [0.4, 0.5) is 0 Å². The average Bonchev–Trinajstić information content (AvgIpc) is 3.50. The summed E-state index contributed by atoms with van der Waals surface area (Å²) >= 11 is 0. The van der Waals surface area contributed by atoms with Crippen LogP contribution in [0.25, 0.3) is 67.0 Å². The SMILES string of the molecule is Cc1cnccc1-c1ccccc1.Cc1cnccc1-c1ccccn1.Cc1cnccc1-c1cccnc1.Cc1cnccc1-c1ccncc1.Cc1ncccc1-c1ccccc1.Cc1ncccc1-c1ccccn1. The summed E-state index contributed by atoms with van der Waals surface area (Å²) in [7, 11) is 0. The predicted molar refractivity (Wildman–Crippen MR) is 318 cm³/mol. The van der Waals surface area contributed by atoms with Crippen molar-refractivity contribution in [1.29, 1.82) is 0 Å². The summed E-state index contributed by atoms with van der Waals surface area (Å²) in [5.74, 6) is 0. The van der Waals surface area contributed by atoms with Crippen LogP contribution in [0.5, 0.6) is 0 Å². The fourth-order valence-corrected chi connectivity index (χ4v) is 8.03. The predicted octanol–water partition coefficient (Wildman–Crippen LogP) is 15.9. The fraction of sp³-hybridized carbons (Fsp3) is 0.0882. The molecule has 0 aliphatic heterocycles. The molecule has 0 unspecified atom stereocenters. The number of benzene rings is 2. The van der Waals surface area contributed by atoms with Gasteiger partial charge < -0.3 is 0 Å². The Labute approximate surface area is 458 Å². The molecule has 0 fully saturated rings. The summed E-state index contributed by atoms with van der Waals surface area (Å²) < 4.78 is 0. The molecular formula is C68H62N10. The highest BCUT2D eigenvalue weighted by Gasteiger charge is 2.04. The molecule has 0 spiro atoms. The van der Waals surface area contributed by atoms with Gasteiger partial charge in [0.05, 0.1) is 11.4 Å². The third-order valence-electron chi connectivity index (χ3n) is 12.1. The molecule has 384 valence electrons. The van der Waals surface area contributed by atoms with Crippen LogP contribution < -0.4 is 0 Å². The van der Waals surface area contributed by atoms with Crippen molar-refractivity contribution >= 4 is 0 Å². The standard InChI is InChI=1S/2C12H11N.4C11H10N2/c1-10-12(8-5-9-13-10)11-6-3-2-4-7-11;1-10-9-13-8-7-12(10)11-5-3-2-4-6-11;1-9-8-13-7-4-11(9)10-2-5-12-6-3-10;1-9-10(5-4-8-12-9)11-6-2-3-7-13-11;1-9-7-13-6-4-11(9)10-3-2-5-12-8-10;1-9-8-12-7-5-10(9)11-4-2-3-6-13-11/h2*2-9H,1H3;4*2-8H,1H3. The van der Waals surface area contributed by atoms with E-state index in [1.165, 1.54) is 55.6 Å². The lowest BCUT2D eigenvalue weighted by molar-refractivity contribution is 1.19. The van der Waals surface area contributed by atoms with Crippen molar-refractivity contribution in [3.05, 3.63) is 303 Å². The number of hydrogen-bond acceptors (Lipinski definition) is 10. The zero-order valence-electron chi connectivity index (χ0n) is 44.9. The van der Waals surface area contributed by atoms with Crippen molar-refractivity contribution in [2.45, 2.75) is 41.5 Å². The molecule has 0 amide bonds. The first-order chi connectivity index (χ1) is 38.3. The number of aryl methyl sites for hydroxylation is 6. The van der Waals surface area contributed by atoms with E-state index in [0.29, 0.717) is 0 Å². The maximum atomic E-state index is 4.28. The quantitative estimate of drug-likeness (QED) is 0.159. The van der Waals surface area contributed by atoms with Crippen LogP contribution in [-0.4, -0.2) is 49.8 Å². The molecule has 0 saturated carbocycles. The molecule has 0 atom stereocenters. The van der Waals surface area contributed by atoms with E-state index < -0.39 is 0 Å². The normalized spacial score (nSPS) is 9.92. The fourth-order valence-electron chi connectivity index (χ4n) is 8.03. The Morgan fingerprint density at radius 3 is 0.974 bits per heavy atom. The molecule has 12 rings (SSSR count). The van der Waals surface area contributed by atoms with E-state index in [-0.39, 0.29) is 0 Å². The van der Waals surface area contributed by atoms with Crippen molar-refractivity contribution in [2.24, 2.45) is 0 Å². The second kappa shape index (κ2) is 30.3. The first-order valence-corrected chi connectivity index (χ1v) is 25.5. The highest BCUT2D eigenvalue weighted by atomic mass is 14.7. The second-order valence-corrected chi connectivity index (χ2v) is 17.7. The van der Waals surface area contributed by atoms with Gasteiger partial charge in [-0.2, -0.15) is 0 Å². The van der Waals surface area contributed by atoms with Gasteiger partial charge >= 0.3 is 0 Å². The van der Waals surface area contributed by atoms with Gasteiger partial charge in [-0.25, -0.2) is 0 Å². The Morgan fingerprint density at radius 2 is 0.551 bits per heavy atom. The smallest absolute Gasteiger partial charge is 0.0720 e. The third-order valence-corrected chi connectivity index (χ3v) is 12.1. The minimum absolute atomic E-state index is 0.980. The van der Waals surface area contributed by atoms with Crippen molar-refractivity contribution in [1.82, 2.24) is 49.8 Å². The highest BCUT2D eigenvalue weighted by molar-refractivity contribution is 5.68. The van der Waals surface area contributed by atoms with Crippen molar-refractivity contribution < 1.29 is 0 Å². The van der Waals surface area contributed by atoms with Gasteiger partial charge in [-0.1, -0.05) is 84.9 Å². The van der Waals surface area contributed by atoms with Crippen LogP contribution in [-0.2, 0) is 0 Å². The summed E-state index contributed by atoms with van der Waals surface area (Å²) in [4.78, 5) is 41.3. The number of hydrogen-bond donors (Lipinski definition) is 0. The molecule has 12 aromatic rings. The Hall–Kier alpha value is -10.1. The van der Waals surface area contributed by atoms with Gasteiger partial charge in [0.1, 0.15) is 0 Å². The lowest BCUT2D eigenvalue weighted by atomic mass is 10.0. The van der Waals surface area contributed by atoms with Gasteiger partial charge in [-0.05, 0) is 182 Å². The second-order valence-electron chi connectivity index (χ2n) is 17.7. The monoisotopic (exact) mass is 1020 g/mol. The maximum Gasteiger partial charge on any atom is 0.0720 e. The molecule has 0 N–H and O–H groups in total. The topological polar surface area (TPSA) is 129 Å². The number of aromatic nitrogens is 10. The first-order valence-electron chi connectivity index (χ1n) is 25.5. The van der Waals surface area contributed by atoms with Gasteiger partial charge in [-0.15, -0.1) is 0 Å². The highest BCUT2D eigenvalue weighted by Crippen LogP contribution is 2.25. The van der Waals surface area contributed by atoms with E-state index in [9.17, 15) is 0 Å². The Kier molecular flexibility index (Phi) is 21.7. The van der Waals surface area contributed by atoms with Crippen LogP contribution in [0.2, 0.25) is 0 Å². The van der Waals surface area contributed by atoms with Gasteiger partial charge in [-0.3, -0.25) is 49.8 Å². The van der Waals surface area contributed by atoms with E-state index in [0.717, 1.165) is 45.0 Å². The minimum Gasteiger partial charge on any atom is -0.265 e. The Balaban J connectivity index is 0.000000136. The zero-order valence-corrected chi connectivity index (χ0v) is 44.9. The minimum atomic E-state index is 0.980. The van der Waals surface area contributed by atoms with E-state index >= 15 is 0 Å². The zero-order chi connectivity index (χ0) is 54.6. The first kappa shape index (κ1) is 55.7. The number of rotatable bonds is 6. The van der Waals surface area contributed by atoms with E-state index in [1.54, 1.807) is 49.6 Å². The lowest BCUT2D eigenvalue weighted by Gasteiger charge is -2.03. The Morgan fingerprint density at radius 1 is 0.205 bits per heavy atom. The summed E-state index contributed by atoms with van der Waals surface area (Å²) in [5, 5.41) is 0. The molecule has 0 bridgehead atoms. The molecule has 10 aromatic heterocycles. The van der Waals surface area contributed by atoms with Crippen molar-refractivity contribution in [2.75, 3.05) is 0 Å². The van der Waals surface area contributed by atoms with Crippen LogP contribution >= 0.6 is 0 Å². The molecule has 0 saturated heterocycles. The third kappa shape index (κ3) is 17.0. The molecule has 0 aliphatic carbocycles. The molecule has 10 nitrogen and oxygen atoms in total.